The van der Waals surface area contributed by atoms with Gasteiger partial charge in [0.05, 0.1) is 12.7 Å². The molecule has 0 aliphatic carbocycles. The Kier molecular flexibility index (Phi) is 4.15. The molecular weight excluding hydrogens is 290 g/mol. The van der Waals surface area contributed by atoms with Gasteiger partial charge in [0.2, 0.25) is 0 Å². The zero-order chi connectivity index (χ0) is 12.4. The lowest BCUT2D eigenvalue weighted by Gasteiger charge is -2.16. The molecule has 0 radical (unpaired) electrons. The first-order chi connectivity index (χ1) is 8.06. The molecule has 1 saturated heterocycles. The van der Waals surface area contributed by atoms with Crippen molar-refractivity contribution in [3.8, 4) is 0 Å². The summed E-state index contributed by atoms with van der Waals surface area (Å²) in [4.78, 5) is 0.174. The van der Waals surface area contributed by atoms with E-state index in [-0.39, 0.29) is 10.9 Å². The van der Waals surface area contributed by atoms with Gasteiger partial charge in [0.25, 0.3) is 0 Å². The van der Waals surface area contributed by atoms with Gasteiger partial charge in [0.1, 0.15) is 11.6 Å². The van der Waals surface area contributed by atoms with Gasteiger partial charge in [-0.3, -0.25) is 0 Å². The highest BCUT2D eigenvalue weighted by Crippen LogP contribution is 2.29. The standard InChI is InChI=1S/C13H15BrF2O/c1-8-4-10(7-17-8)12(14)5-9-2-3-11(15)6-13(9)16/h2-3,6,8,10,12H,4-5,7H2,1H3. The maximum Gasteiger partial charge on any atom is 0.129 e. The summed E-state index contributed by atoms with van der Waals surface area (Å²) >= 11 is 3.58. The third-order valence-electron chi connectivity index (χ3n) is 3.17. The first-order valence-electron chi connectivity index (χ1n) is 5.76. The van der Waals surface area contributed by atoms with Crippen LogP contribution < -0.4 is 0 Å². The van der Waals surface area contributed by atoms with E-state index in [2.05, 4.69) is 15.9 Å². The zero-order valence-electron chi connectivity index (χ0n) is 9.63. The van der Waals surface area contributed by atoms with Crippen molar-refractivity contribution in [3.05, 3.63) is 35.4 Å². The van der Waals surface area contributed by atoms with Crippen molar-refractivity contribution in [2.24, 2.45) is 5.92 Å². The van der Waals surface area contributed by atoms with Crippen LogP contribution in [-0.2, 0) is 11.2 Å². The molecule has 1 aliphatic heterocycles. The predicted octanol–water partition coefficient (Wildman–Crippen LogP) is 3.70. The SMILES string of the molecule is CC1CC(C(Br)Cc2ccc(F)cc2F)CO1. The molecule has 0 aromatic heterocycles. The zero-order valence-corrected chi connectivity index (χ0v) is 11.2. The largest absolute Gasteiger partial charge is 0.378 e. The van der Waals surface area contributed by atoms with E-state index in [9.17, 15) is 8.78 Å². The third-order valence-corrected chi connectivity index (χ3v) is 4.24. The predicted molar refractivity (Wildman–Crippen MR) is 66.3 cm³/mol. The van der Waals surface area contributed by atoms with Gasteiger partial charge in [-0.1, -0.05) is 22.0 Å². The summed E-state index contributed by atoms with van der Waals surface area (Å²) in [6, 6.07) is 3.74. The molecule has 0 bridgehead atoms. The fraction of sp³-hybridized carbons (Fsp3) is 0.538. The molecule has 1 aromatic carbocycles. The summed E-state index contributed by atoms with van der Waals surface area (Å²) in [6.07, 6.45) is 1.82. The van der Waals surface area contributed by atoms with Gasteiger partial charge < -0.3 is 4.74 Å². The van der Waals surface area contributed by atoms with Crippen LogP contribution in [0.25, 0.3) is 0 Å². The quantitative estimate of drug-likeness (QED) is 0.774. The second-order valence-corrected chi connectivity index (χ2v) is 5.77. The number of alkyl halides is 1. The van der Waals surface area contributed by atoms with Crippen molar-refractivity contribution in [2.45, 2.75) is 30.7 Å². The van der Waals surface area contributed by atoms with Crippen molar-refractivity contribution in [1.29, 1.82) is 0 Å². The van der Waals surface area contributed by atoms with Crippen molar-refractivity contribution < 1.29 is 13.5 Å². The van der Waals surface area contributed by atoms with Gasteiger partial charge in [-0.05, 0) is 37.3 Å². The molecule has 4 heteroatoms. The molecule has 94 valence electrons. The van der Waals surface area contributed by atoms with Crippen LogP contribution in [-0.4, -0.2) is 17.5 Å². The maximum atomic E-state index is 13.5. The minimum absolute atomic E-state index is 0.174. The Labute approximate surface area is 108 Å². The molecule has 0 spiro atoms. The van der Waals surface area contributed by atoms with E-state index in [1.807, 2.05) is 6.92 Å². The lowest BCUT2D eigenvalue weighted by molar-refractivity contribution is 0.120. The third kappa shape index (κ3) is 3.26. The number of benzene rings is 1. The Bertz CT molecular complexity index is 397. The van der Waals surface area contributed by atoms with Crippen LogP contribution in [0.4, 0.5) is 8.78 Å². The number of hydrogen-bond donors (Lipinski definition) is 0. The Hall–Kier alpha value is -0.480. The average molecular weight is 305 g/mol. The lowest BCUT2D eigenvalue weighted by Crippen LogP contribution is -2.18. The molecule has 1 fully saturated rings. The van der Waals surface area contributed by atoms with Gasteiger partial charge in [-0.25, -0.2) is 8.78 Å². The van der Waals surface area contributed by atoms with Crippen molar-refractivity contribution in [3.63, 3.8) is 0 Å². The first kappa shape index (κ1) is 13.0. The van der Waals surface area contributed by atoms with Crippen LogP contribution in [0.1, 0.15) is 18.9 Å². The molecule has 0 N–H and O–H groups in total. The molecule has 2 rings (SSSR count). The van der Waals surface area contributed by atoms with E-state index in [4.69, 9.17) is 4.74 Å². The van der Waals surface area contributed by atoms with Gasteiger partial charge in [0, 0.05) is 10.9 Å². The summed E-state index contributed by atoms with van der Waals surface area (Å²) in [5.74, 6) is -0.605. The van der Waals surface area contributed by atoms with Gasteiger partial charge in [0.15, 0.2) is 0 Å². The van der Waals surface area contributed by atoms with Crippen LogP contribution in [0.2, 0.25) is 0 Å². The normalized spacial score (nSPS) is 26.1. The molecule has 17 heavy (non-hydrogen) atoms. The molecule has 1 nitrogen and oxygen atoms in total. The maximum absolute atomic E-state index is 13.5. The van der Waals surface area contributed by atoms with Crippen molar-refractivity contribution >= 4 is 15.9 Å². The molecule has 1 heterocycles. The molecule has 1 aliphatic rings. The van der Waals surface area contributed by atoms with Gasteiger partial charge in [-0.15, -0.1) is 0 Å². The van der Waals surface area contributed by atoms with Gasteiger partial charge >= 0.3 is 0 Å². The van der Waals surface area contributed by atoms with Crippen LogP contribution in [0.3, 0.4) is 0 Å². The highest BCUT2D eigenvalue weighted by Gasteiger charge is 2.28. The highest BCUT2D eigenvalue weighted by molar-refractivity contribution is 9.09. The summed E-state index contributed by atoms with van der Waals surface area (Å²) in [7, 11) is 0. The monoisotopic (exact) mass is 304 g/mol. The van der Waals surface area contributed by atoms with E-state index in [1.54, 1.807) is 0 Å². The number of halogens is 3. The summed E-state index contributed by atoms with van der Waals surface area (Å²) in [6.45, 7) is 2.75. The van der Waals surface area contributed by atoms with E-state index in [0.717, 1.165) is 12.5 Å². The van der Waals surface area contributed by atoms with E-state index >= 15 is 0 Å². The van der Waals surface area contributed by atoms with Crippen molar-refractivity contribution in [2.75, 3.05) is 6.61 Å². The summed E-state index contributed by atoms with van der Waals surface area (Å²) in [5, 5.41) is 0. The lowest BCUT2D eigenvalue weighted by atomic mass is 9.97. The van der Waals surface area contributed by atoms with E-state index in [0.29, 0.717) is 24.5 Å². The Balaban J connectivity index is 2.00. The topological polar surface area (TPSA) is 9.23 Å². The molecule has 3 atom stereocenters. The van der Waals surface area contributed by atoms with Crippen LogP contribution in [0.15, 0.2) is 18.2 Å². The Morgan fingerprint density at radius 1 is 1.47 bits per heavy atom. The average Bonchev–Trinajstić information content (AvgIpc) is 2.69. The molecule has 3 unspecified atom stereocenters. The second-order valence-electron chi connectivity index (χ2n) is 4.60. The number of hydrogen-bond acceptors (Lipinski definition) is 1. The smallest absolute Gasteiger partial charge is 0.129 e. The highest BCUT2D eigenvalue weighted by atomic mass is 79.9. The molecule has 0 saturated carbocycles. The van der Waals surface area contributed by atoms with Gasteiger partial charge in [-0.2, -0.15) is 0 Å². The fourth-order valence-electron chi connectivity index (χ4n) is 2.17. The van der Waals surface area contributed by atoms with Crippen LogP contribution in [0.5, 0.6) is 0 Å². The van der Waals surface area contributed by atoms with Crippen LogP contribution in [0, 0.1) is 17.6 Å². The molecule has 1 aromatic rings. The minimum Gasteiger partial charge on any atom is -0.378 e. The number of rotatable bonds is 3. The van der Waals surface area contributed by atoms with E-state index in [1.165, 1.54) is 12.1 Å². The minimum atomic E-state index is -0.532. The van der Waals surface area contributed by atoms with Crippen molar-refractivity contribution in [1.82, 2.24) is 0 Å². The fourth-order valence-corrected chi connectivity index (χ4v) is 2.88. The molecular formula is C13H15BrF2O. The summed E-state index contributed by atoms with van der Waals surface area (Å²) < 4.78 is 31.7. The second kappa shape index (κ2) is 5.44. The van der Waals surface area contributed by atoms with E-state index < -0.39 is 11.6 Å². The summed E-state index contributed by atoms with van der Waals surface area (Å²) in [5.41, 5.74) is 0.549. The Morgan fingerprint density at radius 3 is 2.82 bits per heavy atom. The Morgan fingerprint density at radius 2 is 2.24 bits per heavy atom. The van der Waals surface area contributed by atoms with Crippen LogP contribution >= 0.6 is 15.9 Å². The number of ether oxygens (including phenoxy) is 1. The first-order valence-corrected chi connectivity index (χ1v) is 6.67. The molecule has 0 amide bonds.